The van der Waals surface area contributed by atoms with Crippen LogP contribution < -0.4 is 9.47 Å². The number of nitriles is 1. The molecule has 0 bridgehead atoms. The number of carbonyl (C=O) groups is 2. The lowest BCUT2D eigenvalue weighted by atomic mass is 10.00. The van der Waals surface area contributed by atoms with E-state index >= 15 is 0 Å². The molecule has 0 spiro atoms. The second-order valence-electron chi connectivity index (χ2n) is 9.61. The number of hydrogen-bond acceptors (Lipinski definition) is 5. The van der Waals surface area contributed by atoms with Gasteiger partial charge in [-0.05, 0) is 65.9 Å². The number of carbonyl (C=O) groups excluding carboxylic acids is 2. The minimum atomic E-state index is -0.718. The number of esters is 2. The molecule has 0 amide bonds. The molecule has 0 aliphatic heterocycles. The fraction of sp³-hybridized carbons (Fsp3) is 0.206. The predicted octanol–water partition coefficient (Wildman–Crippen LogP) is 9.48. The average molecular weight is 587 g/mol. The van der Waals surface area contributed by atoms with Gasteiger partial charge in [0.05, 0.1) is 26.7 Å². The van der Waals surface area contributed by atoms with Crippen LogP contribution in [0.25, 0.3) is 11.1 Å². The molecule has 5 nitrogen and oxygen atoms in total. The number of benzene rings is 4. The maximum Gasteiger partial charge on any atom is 0.345 e. The van der Waals surface area contributed by atoms with Crippen molar-refractivity contribution in [2.75, 3.05) is 0 Å². The predicted molar refractivity (Wildman–Crippen MR) is 162 cm³/mol. The molecular weight excluding hydrogens is 557 g/mol. The zero-order valence-electron chi connectivity index (χ0n) is 22.7. The van der Waals surface area contributed by atoms with Crippen molar-refractivity contribution < 1.29 is 19.1 Å². The summed E-state index contributed by atoms with van der Waals surface area (Å²) in [6.45, 7) is 2.23. The third-order valence-electron chi connectivity index (χ3n) is 6.62. The van der Waals surface area contributed by atoms with Crippen LogP contribution in [0.3, 0.4) is 0 Å². The lowest BCUT2D eigenvalue weighted by Gasteiger charge is -2.09. The Kier molecular flexibility index (Phi) is 10.6. The van der Waals surface area contributed by atoms with Crippen LogP contribution in [0.1, 0.15) is 70.9 Å². The van der Waals surface area contributed by atoms with Gasteiger partial charge in [-0.15, -0.1) is 0 Å². The Hall–Kier alpha value is -4.11. The molecule has 0 saturated carbocycles. The summed E-state index contributed by atoms with van der Waals surface area (Å²) in [5.74, 6) is -0.909. The van der Waals surface area contributed by atoms with Crippen LogP contribution in [-0.4, -0.2) is 11.9 Å². The van der Waals surface area contributed by atoms with Gasteiger partial charge < -0.3 is 9.47 Å². The van der Waals surface area contributed by atoms with Crippen LogP contribution >= 0.6 is 23.2 Å². The highest BCUT2D eigenvalue weighted by molar-refractivity contribution is 6.34. The van der Waals surface area contributed by atoms with Crippen molar-refractivity contribution in [1.82, 2.24) is 0 Å². The molecule has 4 rings (SSSR count). The van der Waals surface area contributed by atoms with E-state index in [0.29, 0.717) is 5.56 Å². The second kappa shape index (κ2) is 14.5. The lowest BCUT2D eigenvalue weighted by Crippen LogP contribution is -2.11. The smallest absolute Gasteiger partial charge is 0.345 e. The van der Waals surface area contributed by atoms with Gasteiger partial charge in [-0.1, -0.05) is 92.2 Å². The van der Waals surface area contributed by atoms with E-state index in [1.807, 2.05) is 18.2 Å². The Morgan fingerprint density at radius 1 is 0.707 bits per heavy atom. The Bertz CT molecular complexity index is 1560. The molecule has 4 aromatic carbocycles. The molecule has 0 radical (unpaired) electrons. The van der Waals surface area contributed by atoms with Crippen molar-refractivity contribution in [3.05, 3.63) is 117 Å². The van der Waals surface area contributed by atoms with E-state index in [9.17, 15) is 9.59 Å². The molecule has 41 heavy (non-hydrogen) atoms. The fourth-order valence-electron chi connectivity index (χ4n) is 4.30. The van der Waals surface area contributed by atoms with Crippen LogP contribution in [0.5, 0.6) is 11.5 Å². The monoisotopic (exact) mass is 585 g/mol. The summed E-state index contributed by atoms with van der Waals surface area (Å²) < 4.78 is 10.8. The summed E-state index contributed by atoms with van der Waals surface area (Å²) in [5.41, 5.74) is 4.15. The molecule has 0 atom stereocenters. The average Bonchev–Trinajstić information content (AvgIpc) is 2.97. The molecule has 0 fully saturated rings. The number of ether oxygens (including phenoxy) is 2. The van der Waals surface area contributed by atoms with Gasteiger partial charge in [0.25, 0.3) is 0 Å². The largest absolute Gasteiger partial charge is 0.423 e. The Labute approximate surface area is 250 Å². The van der Waals surface area contributed by atoms with E-state index in [1.165, 1.54) is 74.1 Å². The molecule has 0 aliphatic carbocycles. The molecule has 0 aliphatic rings. The first kappa shape index (κ1) is 29.9. The minimum Gasteiger partial charge on any atom is -0.423 e. The van der Waals surface area contributed by atoms with Gasteiger partial charge in [0.1, 0.15) is 17.6 Å². The third-order valence-corrected chi connectivity index (χ3v) is 7.24. The number of aryl methyl sites for hydroxylation is 1. The quantitative estimate of drug-likeness (QED) is 0.0994. The van der Waals surface area contributed by atoms with Gasteiger partial charge >= 0.3 is 11.9 Å². The highest BCUT2D eigenvalue weighted by atomic mass is 35.5. The second-order valence-corrected chi connectivity index (χ2v) is 10.4. The first-order chi connectivity index (χ1) is 19.9. The summed E-state index contributed by atoms with van der Waals surface area (Å²) >= 11 is 12.3. The van der Waals surface area contributed by atoms with Crippen LogP contribution in [0, 0.1) is 11.3 Å². The van der Waals surface area contributed by atoms with E-state index in [1.54, 1.807) is 12.1 Å². The van der Waals surface area contributed by atoms with Gasteiger partial charge in [0, 0.05) is 12.1 Å². The lowest BCUT2D eigenvalue weighted by molar-refractivity contribution is 0.0730. The van der Waals surface area contributed by atoms with E-state index < -0.39 is 11.9 Å². The first-order valence-electron chi connectivity index (χ1n) is 13.5. The molecule has 208 valence electrons. The molecule has 4 aromatic rings. The number of hydrogen-bond donors (Lipinski definition) is 0. The Balaban J connectivity index is 1.34. The summed E-state index contributed by atoms with van der Waals surface area (Å²) in [6.07, 6.45) is 7.43. The zero-order chi connectivity index (χ0) is 29.2. The minimum absolute atomic E-state index is 0.0554. The van der Waals surface area contributed by atoms with Crippen LogP contribution in [0.15, 0.2) is 84.9 Å². The molecule has 0 unspecified atom stereocenters. The normalized spacial score (nSPS) is 10.6. The van der Waals surface area contributed by atoms with Crippen LogP contribution in [-0.2, 0) is 6.42 Å². The van der Waals surface area contributed by atoms with Crippen molar-refractivity contribution in [3.8, 4) is 28.7 Å². The van der Waals surface area contributed by atoms with Crippen molar-refractivity contribution >= 4 is 35.1 Å². The topological polar surface area (TPSA) is 76.4 Å². The molecule has 0 saturated heterocycles. The Morgan fingerprint density at radius 2 is 1.29 bits per heavy atom. The van der Waals surface area contributed by atoms with E-state index in [0.717, 1.165) is 17.5 Å². The maximum atomic E-state index is 12.7. The van der Waals surface area contributed by atoms with Gasteiger partial charge in [0.15, 0.2) is 0 Å². The summed E-state index contributed by atoms with van der Waals surface area (Å²) in [5, 5.41) is 9.20. The number of unbranched alkanes of at least 4 members (excludes halogenated alkanes) is 4. The van der Waals surface area contributed by atoms with Gasteiger partial charge in [-0.2, -0.15) is 5.26 Å². The highest BCUT2D eigenvalue weighted by Gasteiger charge is 2.16. The first-order valence-corrected chi connectivity index (χ1v) is 14.3. The van der Waals surface area contributed by atoms with Crippen molar-refractivity contribution in [2.24, 2.45) is 0 Å². The summed E-state index contributed by atoms with van der Waals surface area (Å²) in [6, 6.07) is 26.2. The van der Waals surface area contributed by atoms with Crippen molar-refractivity contribution in [3.63, 3.8) is 0 Å². The van der Waals surface area contributed by atoms with Crippen LogP contribution in [0.2, 0.25) is 10.0 Å². The maximum absolute atomic E-state index is 12.7. The number of nitrogens with zero attached hydrogens (tertiary/aromatic N) is 1. The standard InChI is InChI=1S/C34H29Cl2NO4/c1-2-3-4-5-6-7-23-8-10-24(11-9-23)25-12-14-26(15-13-25)33(38)40-29-18-19-30(32(36)21-29)34(39)41-28-17-16-27(22-37)31(35)20-28/h8-21H,2-7H2,1H3. The molecular formula is C34H29Cl2NO4. The van der Waals surface area contributed by atoms with E-state index in [4.69, 9.17) is 37.9 Å². The third kappa shape index (κ3) is 8.20. The van der Waals surface area contributed by atoms with Crippen molar-refractivity contribution in [2.45, 2.75) is 45.4 Å². The summed E-state index contributed by atoms with van der Waals surface area (Å²) in [7, 11) is 0. The number of halogens is 2. The fourth-order valence-corrected chi connectivity index (χ4v) is 4.76. The Morgan fingerprint density at radius 3 is 1.90 bits per heavy atom. The molecule has 0 heterocycles. The number of rotatable bonds is 11. The molecule has 0 aromatic heterocycles. The van der Waals surface area contributed by atoms with Gasteiger partial charge in [-0.25, -0.2) is 9.59 Å². The van der Waals surface area contributed by atoms with Gasteiger partial charge in [-0.3, -0.25) is 0 Å². The zero-order valence-corrected chi connectivity index (χ0v) is 24.2. The summed E-state index contributed by atoms with van der Waals surface area (Å²) in [4.78, 5) is 25.3. The SMILES string of the molecule is CCCCCCCc1ccc(-c2ccc(C(=O)Oc3ccc(C(=O)Oc4ccc(C#N)c(Cl)c4)c(Cl)c3)cc2)cc1. The van der Waals surface area contributed by atoms with Gasteiger partial charge in [0.2, 0.25) is 0 Å². The highest BCUT2D eigenvalue weighted by Crippen LogP contribution is 2.27. The van der Waals surface area contributed by atoms with Crippen LogP contribution in [0.4, 0.5) is 0 Å². The molecule has 7 heteroatoms. The van der Waals surface area contributed by atoms with Crippen molar-refractivity contribution in [1.29, 1.82) is 5.26 Å². The molecule has 0 N–H and O–H groups in total. The van der Waals surface area contributed by atoms with E-state index in [-0.39, 0.29) is 32.7 Å². The van der Waals surface area contributed by atoms with E-state index in [2.05, 4.69) is 31.2 Å².